The van der Waals surface area contributed by atoms with Crippen molar-refractivity contribution >= 4 is 0 Å². The number of hydrogen-bond donors (Lipinski definition) is 1. The van der Waals surface area contributed by atoms with Gasteiger partial charge in [-0.1, -0.05) is 13.0 Å². The van der Waals surface area contributed by atoms with Crippen LogP contribution in [0, 0.1) is 0 Å². The first-order valence-electron chi connectivity index (χ1n) is 6.94. The smallest absolute Gasteiger partial charge is 0.0947 e. The molecule has 0 bridgehead atoms. The highest BCUT2D eigenvalue weighted by Crippen LogP contribution is 2.39. The topological polar surface area (TPSA) is 42.7 Å². The zero-order chi connectivity index (χ0) is 13.2. The van der Waals surface area contributed by atoms with Crippen LogP contribution in [-0.4, -0.2) is 21.1 Å². The van der Waals surface area contributed by atoms with E-state index in [0.29, 0.717) is 5.92 Å². The normalized spacial score (nSPS) is 19.4. The monoisotopic (exact) mass is 256 g/mol. The molecule has 0 radical (unpaired) electrons. The molecule has 2 aromatic rings. The number of aromatic nitrogens is 3. The number of likely N-dealkylation sites (N-methyl/N-ethyl adjacent to an activating group) is 1. The highest BCUT2D eigenvalue weighted by molar-refractivity contribution is 5.31. The number of imidazole rings is 1. The van der Waals surface area contributed by atoms with Crippen LogP contribution in [0.4, 0.5) is 0 Å². The average molecular weight is 256 g/mol. The Morgan fingerprint density at radius 2 is 2.37 bits per heavy atom. The predicted octanol–water partition coefficient (Wildman–Crippen LogP) is 2.20. The molecular formula is C15H20N4. The second kappa shape index (κ2) is 5.13. The van der Waals surface area contributed by atoms with E-state index < -0.39 is 0 Å². The van der Waals surface area contributed by atoms with Crippen LogP contribution in [0.3, 0.4) is 0 Å². The molecule has 0 aliphatic heterocycles. The Morgan fingerprint density at radius 3 is 3.11 bits per heavy atom. The van der Waals surface area contributed by atoms with Crippen LogP contribution < -0.4 is 5.32 Å². The van der Waals surface area contributed by atoms with Crippen molar-refractivity contribution in [2.45, 2.75) is 31.7 Å². The zero-order valence-corrected chi connectivity index (χ0v) is 11.5. The quantitative estimate of drug-likeness (QED) is 0.912. The van der Waals surface area contributed by atoms with Crippen LogP contribution >= 0.6 is 0 Å². The molecule has 3 rings (SSSR count). The molecular weight excluding hydrogens is 236 g/mol. The summed E-state index contributed by atoms with van der Waals surface area (Å²) in [5.74, 6) is 0.436. The van der Waals surface area contributed by atoms with Gasteiger partial charge in [-0.25, -0.2) is 4.98 Å². The fourth-order valence-electron chi connectivity index (χ4n) is 3.03. The number of pyridine rings is 1. The number of aryl methyl sites for hydroxylation is 2. The van der Waals surface area contributed by atoms with E-state index in [9.17, 15) is 0 Å². The molecule has 100 valence electrons. The number of nitrogens with zero attached hydrogens (tertiary/aromatic N) is 3. The van der Waals surface area contributed by atoms with Gasteiger partial charge in [0.15, 0.2) is 0 Å². The van der Waals surface area contributed by atoms with E-state index in [1.165, 1.54) is 11.3 Å². The van der Waals surface area contributed by atoms with Gasteiger partial charge in [0, 0.05) is 31.1 Å². The molecule has 4 nitrogen and oxygen atoms in total. The minimum atomic E-state index is 0.266. The third-order valence-electron chi connectivity index (χ3n) is 3.87. The summed E-state index contributed by atoms with van der Waals surface area (Å²) in [6.07, 6.45) is 8.16. The molecule has 0 saturated heterocycles. The summed E-state index contributed by atoms with van der Waals surface area (Å²) in [4.78, 5) is 9.13. The molecule has 2 heterocycles. The van der Waals surface area contributed by atoms with Crippen LogP contribution in [-0.2, 0) is 13.5 Å². The molecule has 0 fully saturated rings. The lowest BCUT2D eigenvalue weighted by Crippen LogP contribution is -2.26. The minimum absolute atomic E-state index is 0.266. The lowest BCUT2D eigenvalue weighted by molar-refractivity contribution is 0.439. The predicted molar refractivity (Wildman–Crippen MR) is 74.9 cm³/mol. The Labute approximate surface area is 113 Å². The Morgan fingerprint density at radius 1 is 1.47 bits per heavy atom. The Balaban J connectivity index is 1.94. The third kappa shape index (κ3) is 2.28. The van der Waals surface area contributed by atoms with Gasteiger partial charge in [0.25, 0.3) is 0 Å². The van der Waals surface area contributed by atoms with Crippen molar-refractivity contribution in [2.24, 2.45) is 7.05 Å². The summed E-state index contributed by atoms with van der Waals surface area (Å²) in [6.45, 7) is 3.09. The SMILES string of the molecule is CCNC(c1cn(C)cn1)C1CCc2cccnc21. The van der Waals surface area contributed by atoms with Gasteiger partial charge in [0.1, 0.15) is 0 Å². The van der Waals surface area contributed by atoms with Crippen molar-refractivity contribution in [3.8, 4) is 0 Å². The lowest BCUT2D eigenvalue weighted by atomic mass is 9.94. The van der Waals surface area contributed by atoms with E-state index in [2.05, 4.69) is 34.5 Å². The summed E-state index contributed by atoms with van der Waals surface area (Å²) in [6, 6.07) is 4.50. The second-order valence-corrected chi connectivity index (χ2v) is 5.19. The van der Waals surface area contributed by atoms with Crippen molar-refractivity contribution < 1.29 is 0 Å². The average Bonchev–Trinajstić information content (AvgIpc) is 3.03. The molecule has 1 aliphatic rings. The van der Waals surface area contributed by atoms with Gasteiger partial charge in [-0.3, -0.25) is 4.98 Å². The van der Waals surface area contributed by atoms with E-state index in [1.807, 2.05) is 30.2 Å². The van der Waals surface area contributed by atoms with E-state index in [1.54, 1.807) is 0 Å². The lowest BCUT2D eigenvalue weighted by Gasteiger charge is -2.23. The zero-order valence-electron chi connectivity index (χ0n) is 11.5. The molecule has 2 atom stereocenters. The fourth-order valence-corrected chi connectivity index (χ4v) is 3.03. The molecule has 19 heavy (non-hydrogen) atoms. The molecule has 0 amide bonds. The molecule has 1 aliphatic carbocycles. The largest absolute Gasteiger partial charge is 0.340 e. The van der Waals surface area contributed by atoms with E-state index in [4.69, 9.17) is 0 Å². The first kappa shape index (κ1) is 12.4. The van der Waals surface area contributed by atoms with Gasteiger partial charge in [-0.15, -0.1) is 0 Å². The first-order chi connectivity index (χ1) is 9.29. The highest BCUT2D eigenvalue weighted by atomic mass is 15.0. The Bertz CT molecular complexity index is 561. The highest BCUT2D eigenvalue weighted by Gasteiger charge is 2.32. The van der Waals surface area contributed by atoms with Crippen molar-refractivity contribution in [3.63, 3.8) is 0 Å². The molecule has 2 aromatic heterocycles. The Kier molecular flexibility index (Phi) is 3.34. The fraction of sp³-hybridized carbons (Fsp3) is 0.467. The molecule has 4 heteroatoms. The molecule has 0 aromatic carbocycles. The van der Waals surface area contributed by atoms with Gasteiger partial charge >= 0.3 is 0 Å². The standard InChI is InChI=1S/C15H20N4/c1-3-16-15(13-9-19(2)10-18-13)12-7-6-11-5-4-8-17-14(11)12/h4-5,8-10,12,15-16H,3,6-7H2,1-2H3. The van der Waals surface area contributed by atoms with Gasteiger partial charge in [0.05, 0.1) is 18.1 Å². The van der Waals surface area contributed by atoms with Crippen molar-refractivity contribution in [3.05, 3.63) is 47.8 Å². The first-order valence-corrected chi connectivity index (χ1v) is 6.94. The second-order valence-electron chi connectivity index (χ2n) is 5.19. The van der Waals surface area contributed by atoms with E-state index >= 15 is 0 Å². The number of nitrogens with one attached hydrogen (secondary N) is 1. The summed E-state index contributed by atoms with van der Waals surface area (Å²) in [5.41, 5.74) is 3.76. The molecule has 1 N–H and O–H groups in total. The van der Waals surface area contributed by atoms with Crippen molar-refractivity contribution in [1.82, 2.24) is 19.9 Å². The van der Waals surface area contributed by atoms with Crippen LogP contribution in [0.15, 0.2) is 30.9 Å². The van der Waals surface area contributed by atoms with Gasteiger partial charge < -0.3 is 9.88 Å². The van der Waals surface area contributed by atoms with Gasteiger partial charge in [-0.2, -0.15) is 0 Å². The minimum Gasteiger partial charge on any atom is -0.340 e. The maximum Gasteiger partial charge on any atom is 0.0947 e. The van der Waals surface area contributed by atoms with Crippen molar-refractivity contribution in [2.75, 3.05) is 6.54 Å². The summed E-state index contributed by atoms with van der Waals surface area (Å²) in [5, 5.41) is 3.58. The Hall–Kier alpha value is -1.68. The van der Waals surface area contributed by atoms with Crippen molar-refractivity contribution in [1.29, 1.82) is 0 Å². The van der Waals surface area contributed by atoms with E-state index in [-0.39, 0.29) is 6.04 Å². The van der Waals surface area contributed by atoms with Gasteiger partial charge in [-0.05, 0) is 31.0 Å². The maximum absolute atomic E-state index is 4.60. The summed E-state index contributed by atoms with van der Waals surface area (Å²) >= 11 is 0. The third-order valence-corrected chi connectivity index (χ3v) is 3.87. The van der Waals surface area contributed by atoms with Gasteiger partial charge in [0.2, 0.25) is 0 Å². The van der Waals surface area contributed by atoms with Crippen LogP contribution in [0.25, 0.3) is 0 Å². The molecule has 0 saturated carbocycles. The van der Waals surface area contributed by atoms with E-state index in [0.717, 1.165) is 25.1 Å². The molecule has 2 unspecified atom stereocenters. The summed E-state index contributed by atoms with van der Waals surface area (Å²) in [7, 11) is 2.01. The number of hydrogen-bond acceptors (Lipinski definition) is 3. The number of fused-ring (bicyclic) bond motifs is 1. The molecule has 0 spiro atoms. The van der Waals surface area contributed by atoms with Crippen LogP contribution in [0.1, 0.15) is 42.3 Å². The van der Waals surface area contributed by atoms with Crippen LogP contribution in [0.5, 0.6) is 0 Å². The summed E-state index contributed by atoms with van der Waals surface area (Å²) < 4.78 is 2.01. The maximum atomic E-state index is 4.60. The number of rotatable bonds is 4. The van der Waals surface area contributed by atoms with Crippen LogP contribution in [0.2, 0.25) is 0 Å².